The van der Waals surface area contributed by atoms with Crippen molar-refractivity contribution < 1.29 is 14.6 Å². The minimum atomic E-state index is -0.490. The molecule has 0 saturated heterocycles. The van der Waals surface area contributed by atoms with Crippen LogP contribution in [-0.4, -0.2) is 52.5 Å². The summed E-state index contributed by atoms with van der Waals surface area (Å²) in [6.45, 7) is 12.9. The van der Waals surface area contributed by atoms with E-state index in [9.17, 15) is 9.90 Å². The molecule has 0 aromatic heterocycles. The maximum atomic E-state index is 12.0. The van der Waals surface area contributed by atoms with Crippen LogP contribution < -0.4 is 5.32 Å². The number of alkyl carbamates (subject to hydrolysis) is 1. The fourth-order valence-corrected chi connectivity index (χ4v) is 3.10. The second-order valence-corrected chi connectivity index (χ2v) is 7.21. The van der Waals surface area contributed by atoms with E-state index >= 15 is 0 Å². The molecule has 3 unspecified atom stereocenters. The third-order valence-corrected chi connectivity index (χ3v) is 3.95. The molecule has 1 aliphatic rings. The van der Waals surface area contributed by atoms with Gasteiger partial charge in [0, 0.05) is 18.1 Å². The van der Waals surface area contributed by atoms with Gasteiger partial charge in [-0.2, -0.15) is 0 Å². The number of aliphatic hydroxyl groups is 1. The van der Waals surface area contributed by atoms with E-state index in [1.54, 1.807) is 0 Å². The van der Waals surface area contributed by atoms with Crippen LogP contribution in [0.3, 0.4) is 0 Å². The monoisotopic (exact) mass is 300 g/mol. The zero-order valence-corrected chi connectivity index (χ0v) is 14.3. The van der Waals surface area contributed by atoms with Crippen molar-refractivity contribution in [1.82, 2.24) is 10.2 Å². The van der Waals surface area contributed by atoms with Crippen molar-refractivity contribution in [3.05, 3.63) is 0 Å². The molecule has 0 heterocycles. The number of nitrogens with one attached hydrogen (secondary N) is 1. The standard InChI is InChI=1S/C16H32N2O3/c1-7-18(11(2)3)14-10-12(19)8-9-13(14)17-15(20)21-16(4,5)6/h11-14,19H,7-10H2,1-6H3,(H,17,20). The summed E-state index contributed by atoms with van der Waals surface area (Å²) in [5.41, 5.74) is -0.490. The van der Waals surface area contributed by atoms with E-state index in [1.165, 1.54) is 0 Å². The van der Waals surface area contributed by atoms with Gasteiger partial charge in [-0.15, -0.1) is 0 Å². The number of hydrogen-bond donors (Lipinski definition) is 2. The Kier molecular flexibility index (Phi) is 6.47. The summed E-state index contributed by atoms with van der Waals surface area (Å²) < 4.78 is 5.36. The number of hydrogen-bond acceptors (Lipinski definition) is 4. The molecule has 1 rings (SSSR count). The zero-order chi connectivity index (χ0) is 16.2. The fourth-order valence-electron chi connectivity index (χ4n) is 3.10. The lowest BCUT2D eigenvalue weighted by Crippen LogP contribution is -2.57. The molecule has 1 aliphatic carbocycles. The maximum Gasteiger partial charge on any atom is 0.407 e. The van der Waals surface area contributed by atoms with Gasteiger partial charge >= 0.3 is 6.09 Å². The van der Waals surface area contributed by atoms with Gasteiger partial charge in [0.05, 0.1) is 6.10 Å². The highest BCUT2D eigenvalue weighted by molar-refractivity contribution is 5.68. The summed E-state index contributed by atoms with van der Waals surface area (Å²) in [5.74, 6) is 0. The second-order valence-electron chi connectivity index (χ2n) is 7.21. The number of ether oxygens (including phenoxy) is 1. The number of likely N-dealkylation sites (N-methyl/N-ethyl adjacent to an activating group) is 1. The second kappa shape index (κ2) is 7.45. The average Bonchev–Trinajstić information content (AvgIpc) is 2.30. The highest BCUT2D eigenvalue weighted by atomic mass is 16.6. The van der Waals surface area contributed by atoms with Crippen LogP contribution >= 0.6 is 0 Å². The van der Waals surface area contributed by atoms with Crippen LogP contribution in [0.1, 0.15) is 60.8 Å². The Morgan fingerprint density at radius 1 is 1.38 bits per heavy atom. The largest absolute Gasteiger partial charge is 0.444 e. The van der Waals surface area contributed by atoms with E-state index in [0.717, 1.165) is 19.4 Å². The molecular weight excluding hydrogens is 268 g/mol. The first-order valence-corrected chi connectivity index (χ1v) is 8.07. The molecule has 0 aromatic carbocycles. The molecule has 5 heteroatoms. The maximum absolute atomic E-state index is 12.0. The number of carbonyl (C=O) groups excluding carboxylic acids is 1. The highest BCUT2D eigenvalue weighted by Gasteiger charge is 2.35. The Morgan fingerprint density at radius 3 is 2.48 bits per heavy atom. The van der Waals surface area contributed by atoms with Crippen LogP contribution in [0.15, 0.2) is 0 Å². The number of amides is 1. The predicted octanol–water partition coefficient (Wildman–Crippen LogP) is 2.52. The van der Waals surface area contributed by atoms with Crippen molar-refractivity contribution in [3.63, 3.8) is 0 Å². The van der Waals surface area contributed by atoms with Gasteiger partial charge in [0.15, 0.2) is 0 Å². The van der Waals surface area contributed by atoms with Gasteiger partial charge in [0.2, 0.25) is 0 Å². The van der Waals surface area contributed by atoms with Crippen LogP contribution in [0, 0.1) is 0 Å². The van der Waals surface area contributed by atoms with E-state index in [1.807, 2.05) is 20.8 Å². The number of aliphatic hydroxyl groups excluding tert-OH is 1. The minimum Gasteiger partial charge on any atom is -0.444 e. The first-order valence-electron chi connectivity index (χ1n) is 8.07. The summed E-state index contributed by atoms with van der Waals surface area (Å²) in [7, 11) is 0. The summed E-state index contributed by atoms with van der Waals surface area (Å²) in [5, 5.41) is 13.0. The SMILES string of the molecule is CCN(C(C)C)C1CC(O)CCC1NC(=O)OC(C)(C)C. The van der Waals surface area contributed by atoms with Crippen LogP contribution in [-0.2, 0) is 4.74 Å². The number of nitrogens with zero attached hydrogens (tertiary/aromatic N) is 1. The minimum absolute atomic E-state index is 0.0330. The summed E-state index contributed by atoms with van der Waals surface area (Å²) in [6, 6.07) is 0.574. The molecular formula is C16H32N2O3. The van der Waals surface area contributed by atoms with Crippen molar-refractivity contribution in [2.45, 2.75) is 90.6 Å². The molecule has 0 aromatic rings. The van der Waals surface area contributed by atoms with Crippen molar-refractivity contribution in [1.29, 1.82) is 0 Å². The molecule has 3 atom stereocenters. The van der Waals surface area contributed by atoms with Crippen molar-refractivity contribution in [2.75, 3.05) is 6.54 Å². The van der Waals surface area contributed by atoms with Gasteiger partial charge in [-0.25, -0.2) is 4.79 Å². The third-order valence-electron chi connectivity index (χ3n) is 3.95. The van der Waals surface area contributed by atoms with Crippen LogP contribution in [0.5, 0.6) is 0 Å². The van der Waals surface area contributed by atoms with E-state index in [2.05, 4.69) is 31.0 Å². The van der Waals surface area contributed by atoms with Crippen molar-refractivity contribution >= 4 is 6.09 Å². The van der Waals surface area contributed by atoms with Crippen LogP contribution in [0.2, 0.25) is 0 Å². The highest BCUT2D eigenvalue weighted by Crippen LogP contribution is 2.25. The van der Waals surface area contributed by atoms with E-state index in [0.29, 0.717) is 12.5 Å². The van der Waals surface area contributed by atoms with Gasteiger partial charge in [-0.3, -0.25) is 4.90 Å². The topological polar surface area (TPSA) is 61.8 Å². The lowest BCUT2D eigenvalue weighted by molar-refractivity contribution is 0.0161. The molecule has 0 bridgehead atoms. The normalized spacial score (nSPS) is 27.0. The quantitative estimate of drug-likeness (QED) is 0.837. The molecule has 1 fully saturated rings. The van der Waals surface area contributed by atoms with Gasteiger partial charge in [-0.1, -0.05) is 6.92 Å². The van der Waals surface area contributed by atoms with Crippen LogP contribution in [0.4, 0.5) is 4.79 Å². The number of carbonyl (C=O) groups is 1. The summed E-state index contributed by atoms with van der Waals surface area (Å²) in [4.78, 5) is 14.4. The smallest absolute Gasteiger partial charge is 0.407 e. The molecule has 124 valence electrons. The first kappa shape index (κ1) is 18.2. The molecule has 5 nitrogen and oxygen atoms in total. The lowest BCUT2D eigenvalue weighted by Gasteiger charge is -2.43. The molecule has 2 N–H and O–H groups in total. The number of rotatable bonds is 4. The lowest BCUT2D eigenvalue weighted by atomic mass is 9.86. The van der Waals surface area contributed by atoms with Gasteiger partial charge in [0.1, 0.15) is 5.60 Å². The van der Waals surface area contributed by atoms with Crippen molar-refractivity contribution in [3.8, 4) is 0 Å². The summed E-state index contributed by atoms with van der Waals surface area (Å²) in [6.07, 6.45) is 1.57. The molecule has 0 radical (unpaired) electrons. The van der Waals surface area contributed by atoms with Gasteiger partial charge in [-0.05, 0) is 60.4 Å². The van der Waals surface area contributed by atoms with Gasteiger partial charge in [0.25, 0.3) is 0 Å². The Morgan fingerprint density at radius 2 is 2.00 bits per heavy atom. The van der Waals surface area contributed by atoms with E-state index in [4.69, 9.17) is 4.74 Å². The zero-order valence-electron chi connectivity index (χ0n) is 14.3. The molecule has 21 heavy (non-hydrogen) atoms. The molecule has 0 aliphatic heterocycles. The first-order chi connectivity index (χ1) is 9.64. The average molecular weight is 300 g/mol. The Balaban J connectivity index is 2.74. The molecule has 1 saturated carbocycles. The van der Waals surface area contributed by atoms with Crippen LogP contribution in [0.25, 0.3) is 0 Å². The Bertz CT molecular complexity index is 339. The van der Waals surface area contributed by atoms with E-state index in [-0.39, 0.29) is 24.3 Å². The Hall–Kier alpha value is -0.810. The molecule has 1 amide bonds. The Labute approximate surface area is 129 Å². The third kappa shape index (κ3) is 5.83. The van der Waals surface area contributed by atoms with E-state index < -0.39 is 5.60 Å². The fraction of sp³-hybridized carbons (Fsp3) is 0.938. The van der Waals surface area contributed by atoms with Crippen molar-refractivity contribution in [2.24, 2.45) is 0 Å². The van der Waals surface area contributed by atoms with Gasteiger partial charge < -0.3 is 15.2 Å². The molecule has 0 spiro atoms. The predicted molar refractivity (Wildman–Crippen MR) is 84.3 cm³/mol. The summed E-state index contributed by atoms with van der Waals surface area (Å²) >= 11 is 0.